The Balaban J connectivity index is 1.89. The van der Waals surface area contributed by atoms with Gasteiger partial charge in [0.15, 0.2) is 0 Å². The van der Waals surface area contributed by atoms with Crippen LogP contribution in [0.25, 0.3) is 10.8 Å². The Morgan fingerprint density at radius 2 is 1.71 bits per heavy atom. The van der Waals surface area contributed by atoms with Crippen LogP contribution in [0.3, 0.4) is 0 Å². The Morgan fingerprint density at radius 1 is 0.952 bits per heavy atom. The third kappa shape index (κ3) is 3.14. The summed E-state index contributed by atoms with van der Waals surface area (Å²) in [6.45, 7) is 0. The van der Waals surface area contributed by atoms with Crippen LogP contribution in [0.1, 0.15) is 17.2 Å². The third-order valence-electron chi connectivity index (χ3n) is 3.58. The van der Waals surface area contributed by atoms with E-state index in [1.165, 1.54) is 12.1 Å². The molecular formula is C18H14BrFO. The summed E-state index contributed by atoms with van der Waals surface area (Å²) in [7, 11) is 0. The Hall–Kier alpha value is -1.71. The van der Waals surface area contributed by atoms with E-state index in [4.69, 9.17) is 0 Å². The molecule has 0 spiro atoms. The second-order valence-corrected chi connectivity index (χ2v) is 5.92. The molecule has 0 heterocycles. The molecule has 0 amide bonds. The fourth-order valence-corrected chi connectivity index (χ4v) is 2.85. The van der Waals surface area contributed by atoms with E-state index in [0.29, 0.717) is 6.42 Å². The largest absolute Gasteiger partial charge is 0.388 e. The number of aliphatic hydroxyl groups is 1. The molecule has 0 radical (unpaired) electrons. The Labute approximate surface area is 131 Å². The molecule has 0 aliphatic carbocycles. The fourth-order valence-electron chi connectivity index (χ4n) is 2.44. The first-order chi connectivity index (χ1) is 10.1. The van der Waals surface area contributed by atoms with E-state index in [-0.39, 0.29) is 5.82 Å². The van der Waals surface area contributed by atoms with Crippen molar-refractivity contribution in [1.82, 2.24) is 0 Å². The number of fused-ring (bicyclic) bond motifs is 1. The first-order valence-electron chi connectivity index (χ1n) is 6.74. The molecule has 1 unspecified atom stereocenters. The summed E-state index contributed by atoms with van der Waals surface area (Å²) in [6.07, 6.45) is -0.288. The molecule has 0 saturated carbocycles. The van der Waals surface area contributed by atoms with Gasteiger partial charge in [-0.05, 0) is 46.2 Å². The molecule has 21 heavy (non-hydrogen) atoms. The minimum absolute atomic E-state index is 0.293. The molecule has 0 fully saturated rings. The summed E-state index contributed by atoms with van der Waals surface area (Å²) in [5, 5.41) is 12.6. The lowest BCUT2D eigenvalue weighted by molar-refractivity contribution is 0.178. The van der Waals surface area contributed by atoms with Crippen LogP contribution >= 0.6 is 15.9 Å². The van der Waals surface area contributed by atoms with Crippen molar-refractivity contribution in [3.63, 3.8) is 0 Å². The van der Waals surface area contributed by atoms with Gasteiger partial charge in [-0.15, -0.1) is 0 Å². The zero-order valence-electron chi connectivity index (χ0n) is 11.3. The van der Waals surface area contributed by atoms with Crippen LogP contribution < -0.4 is 0 Å². The summed E-state index contributed by atoms with van der Waals surface area (Å²) < 4.78 is 14.1. The van der Waals surface area contributed by atoms with Crippen LogP contribution in [0.2, 0.25) is 0 Å². The molecular weight excluding hydrogens is 331 g/mol. The van der Waals surface area contributed by atoms with Gasteiger partial charge in [0.1, 0.15) is 5.82 Å². The maximum atomic E-state index is 13.3. The molecule has 3 rings (SSSR count). The quantitative estimate of drug-likeness (QED) is 0.707. The van der Waals surface area contributed by atoms with Gasteiger partial charge in [0.05, 0.1) is 6.10 Å². The molecule has 1 atom stereocenters. The molecule has 3 heteroatoms. The zero-order chi connectivity index (χ0) is 14.8. The van der Waals surface area contributed by atoms with E-state index in [2.05, 4.69) is 15.9 Å². The van der Waals surface area contributed by atoms with Crippen molar-refractivity contribution in [3.05, 3.63) is 82.1 Å². The monoisotopic (exact) mass is 344 g/mol. The van der Waals surface area contributed by atoms with Gasteiger partial charge in [0.25, 0.3) is 0 Å². The topological polar surface area (TPSA) is 20.2 Å². The third-order valence-corrected chi connectivity index (χ3v) is 4.35. The second kappa shape index (κ2) is 5.96. The lowest BCUT2D eigenvalue weighted by atomic mass is 9.98. The minimum Gasteiger partial charge on any atom is -0.388 e. The van der Waals surface area contributed by atoms with Gasteiger partial charge in [-0.2, -0.15) is 0 Å². The van der Waals surface area contributed by atoms with Crippen LogP contribution in [-0.4, -0.2) is 5.11 Å². The highest BCUT2D eigenvalue weighted by atomic mass is 79.9. The predicted octanol–water partition coefficient (Wildman–Crippen LogP) is 5.02. The Kier molecular flexibility index (Phi) is 4.04. The fraction of sp³-hybridized carbons (Fsp3) is 0.111. The van der Waals surface area contributed by atoms with E-state index in [0.717, 1.165) is 26.4 Å². The standard InChI is InChI=1S/C18H14BrFO/c19-17-8-7-16(20)10-15(17)11-18(21)14-6-5-12-3-1-2-4-13(12)9-14/h1-10,18,21H,11H2. The number of halogens is 2. The van der Waals surface area contributed by atoms with Gasteiger partial charge >= 0.3 is 0 Å². The first kappa shape index (κ1) is 14.2. The van der Waals surface area contributed by atoms with E-state index in [1.54, 1.807) is 6.07 Å². The summed E-state index contributed by atoms with van der Waals surface area (Å²) >= 11 is 3.39. The molecule has 0 aliphatic heterocycles. The van der Waals surface area contributed by atoms with Crippen molar-refractivity contribution in [2.45, 2.75) is 12.5 Å². The lowest BCUT2D eigenvalue weighted by Crippen LogP contribution is -2.03. The number of benzene rings is 3. The summed E-state index contributed by atoms with van der Waals surface area (Å²) in [5.41, 5.74) is 1.60. The summed E-state index contributed by atoms with van der Waals surface area (Å²) in [5.74, 6) is -0.293. The van der Waals surface area contributed by atoms with Gasteiger partial charge in [-0.25, -0.2) is 4.39 Å². The molecule has 3 aromatic rings. The summed E-state index contributed by atoms with van der Waals surface area (Å²) in [6, 6.07) is 18.4. The number of hydrogen-bond donors (Lipinski definition) is 1. The first-order valence-corrected chi connectivity index (χ1v) is 7.53. The lowest BCUT2D eigenvalue weighted by Gasteiger charge is -2.13. The molecule has 106 valence electrons. The second-order valence-electron chi connectivity index (χ2n) is 5.06. The van der Waals surface area contributed by atoms with Crippen LogP contribution in [0.5, 0.6) is 0 Å². The van der Waals surface area contributed by atoms with Gasteiger partial charge in [-0.3, -0.25) is 0 Å². The number of rotatable bonds is 3. The maximum absolute atomic E-state index is 13.3. The smallest absolute Gasteiger partial charge is 0.123 e. The Bertz CT molecular complexity index is 785. The highest BCUT2D eigenvalue weighted by Crippen LogP contribution is 2.26. The zero-order valence-corrected chi connectivity index (χ0v) is 12.8. The molecule has 0 bridgehead atoms. The highest BCUT2D eigenvalue weighted by molar-refractivity contribution is 9.10. The van der Waals surface area contributed by atoms with Crippen molar-refractivity contribution in [1.29, 1.82) is 0 Å². The van der Waals surface area contributed by atoms with Gasteiger partial charge < -0.3 is 5.11 Å². The molecule has 3 aromatic carbocycles. The predicted molar refractivity (Wildman–Crippen MR) is 86.7 cm³/mol. The van der Waals surface area contributed by atoms with Crippen molar-refractivity contribution in [2.24, 2.45) is 0 Å². The van der Waals surface area contributed by atoms with Crippen LogP contribution in [-0.2, 0) is 6.42 Å². The molecule has 1 N–H and O–H groups in total. The van der Waals surface area contributed by atoms with E-state index < -0.39 is 6.10 Å². The highest BCUT2D eigenvalue weighted by Gasteiger charge is 2.12. The van der Waals surface area contributed by atoms with E-state index >= 15 is 0 Å². The van der Waals surface area contributed by atoms with Gasteiger partial charge in [0, 0.05) is 10.9 Å². The number of hydrogen-bond acceptors (Lipinski definition) is 1. The number of aliphatic hydroxyl groups excluding tert-OH is 1. The van der Waals surface area contributed by atoms with E-state index in [1.807, 2.05) is 42.5 Å². The van der Waals surface area contributed by atoms with Gasteiger partial charge in [0.2, 0.25) is 0 Å². The van der Waals surface area contributed by atoms with Crippen molar-refractivity contribution >= 4 is 26.7 Å². The average molecular weight is 345 g/mol. The molecule has 1 nitrogen and oxygen atoms in total. The normalized spacial score (nSPS) is 12.5. The molecule has 0 aliphatic rings. The van der Waals surface area contributed by atoms with Crippen LogP contribution in [0, 0.1) is 5.82 Å². The average Bonchev–Trinajstić information content (AvgIpc) is 2.50. The van der Waals surface area contributed by atoms with Crippen molar-refractivity contribution < 1.29 is 9.50 Å². The molecule has 0 saturated heterocycles. The Morgan fingerprint density at radius 3 is 2.52 bits per heavy atom. The van der Waals surface area contributed by atoms with Gasteiger partial charge in [-0.1, -0.05) is 52.3 Å². The van der Waals surface area contributed by atoms with Crippen molar-refractivity contribution in [3.8, 4) is 0 Å². The van der Waals surface area contributed by atoms with Crippen LogP contribution in [0.15, 0.2) is 65.1 Å². The SMILES string of the molecule is OC(Cc1cc(F)ccc1Br)c1ccc2ccccc2c1. The molecule has 0 aromatic heterocycles. The maximum Gasteiger partial charge on any atom is 0.123 e. The minimum atomic E-state index is -0.660. The van der Waals surface area contributed by atoms with Crippen LogP contribution in [0.4, 0.5) is 4.39 Å². The van der Waals surface area contributed by atoms with E-state index in [9.17, 15) is 9.50 Å². The van der Waals surface area contributed by atoms with Crippen molar-refractivity contribution in [2.75, 3.05) is 0 Å². The summed E-state index contributed by atoms with van der Waals surface area (Å²) in [4.78, 5) is 0.